The number of aryl methyl sites for hydroxylation is 1. The molecule has 1 aliphatic heterocycles. The summed E-state index contributed by atoms with van der Waals surface area (Å²) < 4.78 is 6.30. The van der Waals surface area contributed by atoms with Crippen LogP contribution in [-0.4, -0.2) is 47.8 Å². The first-order valence-electron chi connectivity index (χ1n) is 9.16. The van der Waals surface area contributed by atoms with E-state index in [9.17, 15) is 9.59 Å². The number of anilines is 2. The van der Waals surface area contributed by atoms with Crippen LogP contribution in [0.1, 0.15) is 36.2 Å². The SMILES string of the molecule is Cc1nonc1CNc1nc(NC2CC2)n2ncc(/C=C3\CC(=O)NC3=O)c2n1. The van der Waals surface area contributed by atoms with Gasteiger partial charge in [-0.25, -0.2) is 4.63 Å². The monoisotopic (exact) mass is 395 g/mol. The minimum atomic E-state index is -0.396. The Morgan fingerprint density at radius 2 is 2.17 bits per heavy atom. The van der Waals surface area contributed by atoms with Gasteiger partial charge in [-0.15, -0.1) is 0 Å². The molecule has 0 spiro atoms. The Morgan fingerprint density at radius 1 is 1.31 bits per heavy atom. The molecule has 2 amide bonds. The summed E-state index contributed by atoms with van der Waals surface area (Å²) in [5, 5.41) is 20.7. The van der Waals surface area contributed by atoms with E-state index in [-0.39, 0.29) is 12.3 Å². The Balaban J connectivity index is 1.51. The van der Waals surface area contributed by atoms with Crippen LogP contribution < -0.4 is 16.0 Å². The summed E-state index contributed by atoms with van der Waals surface area (Å²) in [7, 11) is 0. The van der Waals surface area contributed by atoms with Gasteiger partial charge in [-0.1, -0.05) is 10.3 Å². The molecule has 0 radical (unpaired) electrons. The largest absolute Gasteiger partial charge is 0.351 e. The second-order valence-corrected chi connectivity index (χ2v) is 7.00. The number of aromatic nitrogens is 6. The summed E-state index contributed by atoms with van der Waals surface area (Å²) in [4.78, 5) is 32.4. The Hall–Kier alpha value is -3.83. The van der Waals surface area contributed by atoms with Gasteiger partial charge in [0, 0.05) is 17.2 Å². The van der Waals surface area contributed by atoms with Gasteiger partial charge < -0.3 is 10.6 Å². The molecule has 2 aliphatic rings. The third-order valence-electron chi connectivity index (χ3n) is 4.69. The number of rotatable bonds is 6. The molecule has 3 aromatic heterocycles. The highest BCUT2D eigenvalue weighted by Gasteiger charge is 2.26. The zero-order chi connectivity index (χ0) is 20.0. The van der Waals surface area contributed by atoms with Crippen LogP contribution in [0.25, 0.3) is 11.7 Å². The first kappa shape index (κ1) is 17.3. The van der Waals surface area contributed by atoms with Crippen molar-refractivity contribution in [3.8, 4) is 0 Å². The first-order valence-corrected chi connectivity index (χ1v) is 9.16. The maximum atomic E-state index is 11.9. The van der Waals surface area contributed by atoms with Gasteiger partial charge in [0.15, 0.2) is 5.65 Å². The Labute approximate surface area is 163 Å². The van der Waals surface area contributed by atoms with Crippen LogP contribution in [0.5, 0.6) is 0 Å². The Kier molecular flexibility index (Phi) is 3.96. The molecule has 0 aromatic carbocycles. The van der Waals surface area contributed by atoms with Gasteiger partial charge in [0.2, 0.25) is 17.8 Å². The van der Waals surface area contributed by atoms with Crippen molar-refractivity contribution in [2.75, 3.05) is 10.6 Å². The molecule has 1 saturated carbocycles. The van der Waals surface area contributed by atoms with E-state index >= 15 is 0 Å². The molecular formula is C17H17N9O3. The lowest BCUT2D eigenvalue weighted by Crippen LogP contribution is -2.19. The summed E-state index contributed by atoms with van der Waals surface area (Å²) in [5.74, 6) is 0.205. The summed E-state index contributed by atoms with van der Waals surface area (Å²) in [6.45, 7) is 2.14. The van der Waals surface area contributed by atoms with Crippen molar-refractivity contribution in [2.24, 2.45) is 0 Å². The predicted molar refractivity (Wildman–Crippen MR) is 99.5 cm³/mol. The van der Waals surface area contributed by atoms with Crippen molar-refractivity contribution in [2.45, 2.75) is 38.8 Å². The number of carbonyl (C=O) groups excluding carboxylic acids is 2. The van der Waals surface area contributed by atoms with Crippen LogP contribution in [0.2, 0.25) is 0 Å². The van der Waals surface area contributed by atoms with Gasteiger partial charge >= 0.3 is 0 Å². The fourth-order valence-electron chi connectivity index (χ4n) is 2.96. The number of fused-ring (bicyclic) bond motifs is 1. The van der Waals surface area contributed by atoms with Crippen LogP contribution in [0, 0.1) is 6.92 Å². The van der Waals surface area contributed by atoms with E-state index in [0.717, 1.165) is 12.8 Å². The molecule has 29 heavy (non-hydrogen) atoms. The molecule has 2 fully saturated rings. The van der Waals surface area contributed by atoms with Gasteiger partial charge in [-0.3, -0.25) is 14.9 Å². The van der Waals surface area contributed by atoms with E-state index in [0.29, 0.717) is 52.7 Å². The van der Waals surface area contributed by atoms with Gasteiger partial charge in [0.25, 0.3) is 5.91 Å². The molecule has 4 heterocycles. The normalized spacial score (nSPS) is 17.9. The van der Waals surface area contributed by atoms with Crippen LogP contribution in [0.3, 0.4) is 0 Å². The quantitative estimate of drug-likeness (QED) is 0.396. The zero-order valence-electron chi connectivity index (χ0n) is 15.5. The fourth-order valence-corrected chi connectivity index (χ4v) is 2.96. The molecular weight excluding hydrogens is 378 g/mol. The standard InChI is InChI=1S/C17H17N9O3/c1-8-12(25-29-24-8)7-18-16-22-14-10(4-9-5-13(27)21-15(9)28)6-19-26(14)17(23-16)20-11-2-3-11/h4,6,11H,2-3,5,7H2,1H3,(H,21,27,28)(H2,18,20,22,23)/b9-4+. The van der Waals surface area contributed by atoms with Crippen molar-refractivity contribution >= 4 is 35.4 Å². The molecule has 1 aliphatic carbocycles. The van der Waals surface area contributed by atoms with Crippen molar-refractivity contribution in [1.29, 1.82) is 0 Å². The third-order valence-corrected chi connectivity index (χ3v) is 4.69. The first-order chi connectivity index (χ1) is 14.1. The molecule has 3 N–H and O–H groups in total. The topological polar surface area (TPSA) is 152 Å². The smallest absolute Gasteiger partial charge is 0.254 e. The number of nitrogens with zero attached hydrogens (tertiary/aromatic N) is 6. The van der Waals surface area contributed by atoms with E-state index < -0.39 is 5.91 Å². The van der Waals surface area contributed by atoms with E-state index in [1.54, 1.807) is 23.7 Å². The van der Waals surface area contributed by atoms with Gasteiger partial charge in [0.1, 0.15) is 11.4 Å². The molecule has 1 saturated heterocycles. The summed E-state index contributed by atoms with van der Waals surface area (Å²) in [6, 6.07) is 0.354. The Morgan fingerprint density at radius 3 is 2.86 bits per heavy atom. The number of amides is 2. The Bertz CT molecular complexity index is 1160. The van der Waals surface area contributed by atoms with E-state index in [2.05, 4.69) is 41.3 Å². The van der Waals surface area contributed by atoms with Gasteiger partial charge in [-0.05, 0) is 25.8 Å². The molecule has 3 aromatic rings. The van der Waals surface area contributed by atoms with Crippen LogP contribution in [-0.2, 0) is 16.1 Å². The van der Waals surface area contributed by atoms with E-state index in [4.69, 9.17) is 4.63 Å². The van der Waals surface area contributed by atoms with Crippen LogP contribution >= 0.6 is 0 Å². The highest BCUT2D eigenvalue weighted by molar-refractivity contribution is 6.15. The molecule has 0 unspecified atom stereocenters. The van der Waals surface area contributed by atoms with Crippen molar-refractivity contribution in [1.82, 2.24) is 35.2 Å². The third kappa shape index (κ3) is 3.39. The minimum Gasteiger partial charge on any atom is -0.351 e. The summed E-state index contributed by atoms with van der Waals surface area (Å²) in [6.07, 6.45) is 5.40. The van der Waals surface area contributed by atoms with Crippen LogP contribution in [0.4, 0.5) is 11.9 Å². The molecule has 0 atom stereocenters. The number of carbonyl (C=O) groups is 2. The molecule has 0 bridgehead atoms. The van der Waals surface area contributed by atoms with Crippen molar-refractivity contribution in [3.63, 3.8) is 0 Å². The predicted octanol–water partition coefficient (Wildman–Crippen LogP) is 0.432. The maximum Gasteiger partial charge on any atom is 0.254 e. The van der Waals surface area contributed by atoms with Crippen LogP contribution in [0.15, 0.2) is 16.4 Å². The minimum absolute atomic E-state index is 0.0397. The average molecular weight is 395 g/mol. The van der Waals surface area contributed by atoms with Crippen molar-refractivity contribution < 1.29 is 14.2 Å². The summed E-state index contributed by atoms with van der Waals surface area (Å²) >= 11 is 0. The lowest BCUT2D eigenvalue weighted by molar-refractivity contribution is -0.124. The second kappa shape index (κ2) is 6.65. The highest BCUT2D eigenvalue weighted by atomic mass is 16.6. The molecule has 5 rings (SSSR count). The lowest BCUT2D eigenvalue weighted by Gasteiger charge is -2.09. The molecule has 12 heteroatoms. The fraction of sp³-hybridized carbons (Fsp3) is 0.353. The maximum absolute atomic E-state index is 11.9. The van der Waals surface area contributed by atoms with E-state index in [1.165, 1.54) is 0 Å². The van der Waals surface area contributed by atoms with Gasteiger partial charge in [0.05, 0.1) is 19.2 Å². The lowest BCUT2D eigenvalue weighted by atomic mass is 10.1. The molecule has 12 nitrogen and oxygen atoms in total. The number of hydrogen-bond donors (Lipinski definition) is 3. The van der Waals surface area contributed by atoms with Gasteiger partial charge in [-0.2, -0.15) is 19.6 Å². The number of hydrogen-bond acceptors (Lipinski definition) is 10. The second-order valence-electron chi connectivity index (χ2n) is 7.00. The summed E-state index contributed by atoms with van der Waals surface area (Å²) in [5.41, 5.74) is 2.84. The zero-order valence-corrected chi connectivity index (χ0v) is 15.5. The highest BCUT2D eigenvalue weighted by Crippen LogP contribution is 2.26. The van der Waals surface area contributed by atoms with Crippen molar-refractivity contribution in [3.05, 3.63) is 28.7 Å². The average Bonchev–Trinajstić information content (AvgIpc) is 3.11. The molecule has 148 valence electrons. The number of nitrogens with one attached hydrogen (secondary N) is 3. The number of imide groups is 1. The van der Waals surface area contributed by atoms with E-state index in [1.807, 2.05) is 0 Å².